The number of rotatable bonds is 1. The van der Waals surface area contributed by atoms with Crippen LogP contribution in [0.5, 0.6) is 0 Å². The predicted molar refractivity (Wildman–Crippen MR) is 43.0 cm³/mol. The molecule has 1 rings (SSSR count). The molecule has 0 heterocycles. The van der Waals surface area contributed by atoms with Crippen LogP contribution in [-0.4, -0.2) is 15.6 Å². The lowest BCUT2D eigenvalue weighted by atomic mass is 9.90. The Morgan fingerprint density at radius 3 is 2.75 bits per heavy atom. The molecule has 5 heteroatoms. The molecule has 0 aliphatic heterocycles. The molecule has 0 saturated carbocycles. The summed E-state index contributed by atoms with van der Waals surface area (Å²) in [5.74, 6) is -0.248. The molecule has 0 radical (unpaired) electrons. The van der Waals surface area contributed by atoms with E-state index in [0.717, 1.165) is 0 Å². The molecule has 0 aromatic rings. The smallest absolute Gasteiger partial charge is 0.280 e. The number of aliphatic hydroxyl groups is 1. The van der Waals surface area contributed by atoms with Gasteiger partial charge in [-0.05, 0) is 12.2 Å². The van der Waals surface area contributed by atoms with Crippen molar-refractivity contribution < 1.29 is 10.0 Å². The van der Waals surface area contributed by atoms with Gasteiger partial charge in [-0.1, -0.05) is 0 Å². The molecule has 3 N–H and O–H groups in total. The highest BCUT2D eigenvalue weighted by molar-refractivity contribution is 5.26. The molecule has 5 nitrogen and oxygen atoms in total. The number of aliphatic hydroxyl groups excluding tert-OH is 1. The zero-order valence-corrected chi connectivity index (χ0v) is 6.65. The van der Waals surface area contributed by atoms with E-state index in [9.17, 15) is 15.2 Å². The van der Waals surface area contributed by atoms with E-state index in [2.05, 4.69) is 0 Å². The fourth-order valence-corrected chi connectivity index (χ4v) is 1.07. The third kappa shape index (κ3) is 1.13. The van der Waals surface area contributed by atoms with Crippen LogP contribution in [0, 0.1) is 10.1 Å². The Hall–Kier alpha value is -1.52. The van der Waals surface area contributed by atoms with Gasteiger partial charge in [-0.15, -0.1) is 0 Å². The van der Waals surface area contributed by atoms with Gasteiger partial charge in [0.15, 0.2) is 5.76 Å². The van der Waals surface area contributed by atoms with E-state index < -0.39 is 10.5 Å². The predicted octanol–water partition coefficient (Wildman–Crippen LogP) is 0.710. The van der Waals surface area contributed by atoms with Crippen LogP contribution in [0.15, 0.2) is 23.6 Å². The van der Waals surface area contributed by atoms with Gasteiger partial charge in [0.05, 0.1) is 6.42 Å². The maximum absolute atomic E-state index is 10.6. The Morgan fingerprint density at radius 2 is 2.33 bits per heavy atom. The second-order valence-corrected chi connectivity index (χ2v) is 3.00. The minimum Gasteiger partial charge on any atom is -0.505 e. The molecule has 66 valence electrons. The van der Waals surface area contributed by atoms with Crippen molar-refractivity contribution in [2.24, 2.45) is 5.73 Å². The van der Waals surface area contributed by atoms with E-state index in [1.807, 2.05) is 0 Å². The zero-order chi connectivity index (χ0) is 9.35. The molecule has 1 aliphatic rings. The number of hydrogen-bond acceptors (Lipinski definition) is 4. The molecule has 0 saturated heterocycles. The topological polar surface area (TPSA) is 89.4 Å². The molecule has 0 spiro atoms. The van der Waals surface area contributed by atoms with Crippen molar-refractivity contribution in [2.75, 3.05) is 0 Å². The highest BCUT2D eigenvalue weighted by atomic mass is 16.6. The van der Waals surface area contributed by atoms with Gasteiger partial charge in [-0.3, -0.25) is 10.1 Å². The Balaban J connectivity index is 3.04. The van der Waals surface area contributed by atoms with Crippen molar-refractivity contribution >= 4 is 0 Å². The SMILES string of the molecule is CC1([N+](=O)[O-])CC(N)=CC=C1O. The molecule has 0 aromatic carbocycles. The minimum absolute atomic E-state index is 0.0579. The molecule has 0 bridgehead atoms. The third-order valence-corrected chi connectivity index (χ3v) is 1.96. The molecular weight excluding hydrogens is 160 g/mol. The normalized spacial score (nSPS) is 29.1. The van der Waals surface area contributed by atoms with Gasteiger partial charge >= 0.3 is 0 Å². The van der Waals surface area contributed by atoms with Crippen LogP contribution in [-0.2, 0) is 0 Å². The van der Waals surface area contributed by atoms with E-state index in [1.165, 1.54) is 19.1 Å². The van der Waals surface area contributed by atoms with Gasteiger partial charge in [0.25, 0.3) is 5.54 Å². The number of nitro groups is 1. The van der Waals surface area contributed by atoms with Gasteiger partial charge in [0.1, 0.15) is 0 Å². The second kappa shape index (κ2) is 2.51. The first-order valence-electron chi connectivity index (χ1n) is 3.47. The second-order valence-electron chi connectivity index (χ2n) is 3.00. The van der Waals surface area contributed by atoms with E-state index in [4.69, 9.17) is 5.73 Å². The first kappa shape index (κ1) is 8.58. The van der Waals surface area contributed by atoms with E-state index in [1.54, 1.807) is 0 Å². The third-order valence-electron chi connectivity index (χ3n) is 1.96. The molecule has 1 unspecified atom stereocenters. The summed E-state index contributed by atoms with van der Waals surface area (Å²) in [5, 5.41) is 19.8. The summed E-state index contributed by atoms with van der Waals surface area (Å²) in [6.45, 7) is 1.35. The van der Waals surface area contributed by atoms with Gasteiger partial charge in [0, 0.05) is 17.5 Å². The largest absolute Gasteiger partial charge is 0.505 e. The summed E-state index contributed by atoms with van der Waals surface area (Å²) in [5.41, 5.74) is 4.37. The van der Waals surface area contributed by atoms with Crippen molar-refractivity contribution in [1.29, 1.82) is 0 Å². The maximum atomic E-state index is 10.6. The van der Waals surface area contributed by atoms with Crippen LogP contribution in [0.2, 0.25) is 0 Å². The van der Waals surface area contributed by atoms with Crippen molar-refractivity contribution in [3.8, 4) is 0 Å². The Morgan fingerprint density at radius 1 is 1.75 bits per heavy atom. The van der Waals surface area contributed by atoms with E-state index in [0.29, 0.717) is 5.70 Å². The first-order valence-corrected chi connectivity index (χ1v) is 3.47. The van der Waals surface area contributed by atoms with Gasteiger partial charge in [0.2, 0.25) is 0 Å². The maximum Gasteiger partial charge on any atom is 0.280 e. The molecule has 1 aliphatic carbocycles. The lowest BCUT2D eigenvalue weighted by Gasteiger charge is -2.22. The standard InChI is InChI=1S/C7H10N2O3/c1-7(9(11)12)4-5(8)2-3-6(7)10/h2-3,10H,4,8H2,1H3. The average Bonchev–Trinajstić information content (AvgIpc) is 1.97. The van der Waals surface area contributed by atoms with E-state index >= 15 is 0 Å². The zero-order valence-electron chi connectivity index (χ0n) is 6.65. The van der Waals surface area contributed by atoms with Gasteiger partial charge < -0.3 is 10.8 Å². The summed E-state index contributed by atoms with van der Waals surface area (Å²) < 4.78 is 0. The monoisotopic (exact) mass is 170 g/mol. The number of allylic oxidation sites excluding steroid dienone is 2. The highest BCUT2D eigenvalue weighted by Gasteiger charge is 2.43. The van der Waals surface area contributed by atoms with Crippen LogP contribution < -0.4 is 5.73 Å². The summed E-state index contributed by atoms with van der Waals surface area (Å²) in [6.07, 6.45) is 2.80. The fourth-order valence-electron chi connectivity index (χ4n) is 1.07. The lowest BCUT2D eigenvalue weighted by Crippen LogP contribution is -2.39. The quantitative estimate of drug-likeness (QED) is 0.448. The molecule has 1 atom stereocenters. The highest BCUT2D eigenvalue weighted by Crippen LogP contribution is 2.28. The van der Waals surface area contributed by atoms with Crippen molar-refractivity contribution in [3.05, 3.63) is 33.7 Å². The lowest BCUT2D eigenvalue weighted by molar-refractivity contribution is -0.558. The van der Waals surface area contributed by atoms with Gasteiger partial charge in [-0.25, -0.2) is 0 Å². The van der Waals surface area contributed by atoms with Crippen LogP contribution >= 0.6 is 0 Å². The van der Waals surface area contributed by atoms with Crippen molar-refractivity contribution in [1.82, 2.24) is 0 Å². The Labute approximate surface area is 69.3 Å². The van der Waals surface area contributed by atoms with Crippen molar-refractivity contribution in [3.63, 3.8) is 0 Å². The summed E-state index contributed by atoms with van der Waals surface area (Å²) in [6, 6.07) is 0. The van der Waals surface area contributed by atoms with Crippen LogP contribution in [0.4, 0.5) is 0 Å². The van der Waals surface area contributed by atoms with Crippen LogP contribution in [0.25, 0.3) is 0 Å². The van der Waals surface area contributed by atoms with Crippen molar-refractivity contribution in [2.45, 2.75) is 18.9 Å². The number of hydrogen-bond donors (Lipinski definition) is 2. The van der Waals surface area contributed by atoms with Gasteiger partial charge in [-0.2, -0.15) is 0 Å². The van der Waals surface area contributed by atoms with E-state index in [-0.39, 0.29) is 12.2 Å². The Bertz CT molecular complexity index is 282. The first-order chi connectivity index (χ1) is 5.47. The minimum atomic E-state index is -1.45. The molecular formula is C7H10N2O3. The van der Waals surface area contributed by atoms with Crippen LogP contribution in [0.1, 0.15) is 13.3 Å². The number of nitrogens with two attached hydrogens (primary N) is 1. The molecule has 12 heavy (non-hydrogen) atoms. The van der Waals surface area contributed by atoms with Crippen LogP contribution in [0.3, 0.4) is 0 Å². The Kier molecular flexibility index (Phi) is 1.79. The molecule has 0 fully saturated rings. The summed E-state index contributed by atoms with van der Waals surface area (Å²) >= 11 is 0. The summed E-state index contributed by atoms with van der Waals surface area (Å²) in [4.78, 5) is 10.0. The summed E-state index contributed by atoms with van der Waals surface area (Å²) in [7, 11) is 0. The average molecular weight is 170 g/mol. The molecule has 0 amide bonds. The number of nitrogens with zero attached hydrogens (tertiary/aromatic N) is 1. The molecule has 0 aromatic heterocycles. The fraction of sp³-hybridized carbons (Fsp3) is 0.429.